The van der Waals surface area contributed by atoms with Crippen LogP contribution in [-0.4, -0.2) is 57.6 Å². The second kappa shape index (κ2) is 10.5. The number of rotatable bonds is 9. The highest BCUT2D eigenvalue weighted by Crippen LogP contribution is 2.30. The first-order valence-electron chi connectivity index (χ1n) is 10.9. The first-order chi connectivity index (χ1) is 17.7. The Morgan fingerprint density at radius 3 is 2.27 bits per heavy atom. The van der Waals surface area contributed by atoms with Crippen LogP contribution in [0.4, 0.5) is 14.7 Å². The maximum atomic E-state index is 14.9. The molecule has 0 bridgehead atoms. The van der Waals surface area contributed by atoms with Crippen LogP contribution in [0, 0.1) is 18.6 Å². The Bertz CT molecular complexity index is 1490. The van der Waals surface area contributed by atoms with Crippen LogP contribution in [0.3, 0.4) is 0 Å². The van der Waals surface area contributed by atoms with Gasteiger partial charge < -0.3 is 9.47 Å². The van der Waals surface area contributed by atoms with Crippen LogP contribution < -0.4 is 9.46 Å². The van der Waals surface area contributed by atoms with Gasteiger partial charge in [0, 0.05) is 25.6 Å². The van der Waals surface area contributed by atoms with E-state index in [2.05, 4.69) is 29.9 Å². The van der Waals surface area contributed by atoms with E-state index in [1.165, 1.54) is 45.7 Å². The fourth-order valence-electron chi connectivity index (χ4n) is 3.52. The highest BCUT2D eigenvalue weighted by atomic mass is 32.2. The van der Waals surface area contributed by atoms with E-state index >= 15 is 0 Å². The first kappa shape index (κ1) is 26.0. The molecule has 14 heteroatoms. The van der Waals surface area contributed by atoms with Crippen LogP contribution in [0.25, 0.3) is 17.2 Å². The van der Waals surface area contributed by atoms with E-state index in [1.807, 2.05) is 0 Å². The monoisotopic (exact) mass is 531 g/mol. The molecule has 0 amide bonds. The lowest BCUT2D eigenvalue weighted by atomic mass is 10.2. The summed E-state index contributed by atoms with van der Waals surface area (Å²) in [5, 5.41) is 6.61. The molecule has 0 saturated heterocycles. The molecule has 1 aromatic carbocycles. The number of para-hydroxylation sites is 1. The van der Waals surface area contributed by atoms with Gasteiger partial charge in [0.05, 0.1) is 7.11 Å². The molecule has 4 aromatic rings. The standard InChI is InChI=1S/C23H23F2N7O4S/c1-13-11-26-21(27-12-13)20(36-4)14(2)37(33,34)31-23-30-29-22(17-9-6-10-18(28-17)35-3)32(23)19-15(24)7-5-8-16(19)25/h5-12,14,20H,1-4H3,(H,30,31). The highest BCUT2D eigenvalue weighted by molar-refractivity contribution is 7.93. The fraction of sp³-hybridized carbons (Fsp3) is 0.261. The van der Waals surface area contributed by atoms with Crippen LogP contribution in [-0.2, 0) is 14.8 Å². The molecule has 4 rings (SSSR count). The minimum absolute atomic E-state index is 0.126. The van der Waals surface area contributed by atoms with Gasteiger partial charge in [-0.1, -0.05) is 12.1 Å². The summed E-state index contributed by atoms with van der Waals surface area (Å²) in [5.41, 5.74) is 0.324. The van der Waals surface area contributed by atoms with Crippen molar-refractivity contribution in [1.29, 1.82) is 0 Å². The minimum Gasteiger partial charge on any atom is -0.481 e. The third-order valence-corrected chi connectivity index (χ3v) is 7.14. The zero-order valence-electron chi connectivity index (χ0n) is 20.3. The number of aryl methyl sites for hydroxylation is 1. The van der Waals surface area contributed by atoms with Gasteiger partial charge in [-0.2, -0.15) is 0 Å². The van der Waals surface area contributed by atoms with E-state index in [9.17, 15) is 17.2 Å². The Kier molecular flexibility index (Phi) is 7.40. The maximum Gasteiger partial charge on any atom is 0.243 e. The van der Waals surface area contributed by atoms with Crippen LogP contribution >= 0.6 is 0 Å². The van der Waals surface area contributed by atoms with Gasteiger partial charge in [-0.25, -0.2) is 32.2 Å². The fourth-order valence-corrected chi connectivity index (χ4v) is 4.65. The normalized spacial score (nSPS) is 13.2. The Hall–Kier alpha value is -4.04. The van der Waals surface area contributed by atoms with Crippen molar-refractivity contribution in [3.63, 3.8) is 0 Å². The summed E-state index contributed by atoms with van der Waals surface area (Å²) < 4.78 is 70.3. The van der Waals surface area contributed by atoms with Crippen molar-refractivity contribution < 1.29 is 26.7 Å². The summed E-state index contributed by atoms with van der Waals surface area (Å²) in [7, 11) is -1.56. The van der Waals surface area contributed by atoms with Gasteiger partial charge in [-0.05, 0) is 37.6 Å². The number of halogens is 2. The van der Waals surface area contributed by atoms with Crippen LogP contribution in [0.1, 0.15) is 24.4 Å². The van der Waals surface area contributed by atoms with Crippen molar-refractivity contribution in [3.8, 4) is 23.1 Å². The molecule has 3 heterocycles. The smallest absolute Gasteiger partial charge is 0.243 e. The quantitative estimate of drug-likeness (QED) is 0.345. The largest absolute Gasteiger partial charge is 0.481 e. The molecular weight excluding hydrogens is 508 g/mol. The molecular formula is C23H23F2N7O4S. The molecule has 11 nitrogen and oxygen atoms in total. The average molecular weight is 532 g/mol. The first-order valence-corrected chi connectivity index (χ1v) is 12.4. The van der Waals surface area contributed by atoms with Crippen molar-refractivity contribution in [2.45, 2.75) is 25.2 Å². The molecule has 0 aliphatic rings. The molecule has 0 fully saturated rings. The molecule has 194 valence electrons. The molecule has 0 radical (unpaired) electrons. The number of aromatic nitrogens is 6. The molecule has 1 N–H and O–H groups in total. The molecule has 2 atom stereocenters. The van der Waals surface area contributed by atoms with E-state index in [4.69, 9.17) is 9.47 Å². The predicted molar refractivity (Wildman–Crippen MR) is 130 cm³/mol. The average Bonchev–Trinajstić information content (AvgIpc) is 3.27. The van der Waals surface area contributed by atoms with Crippen LogP contribution in [0.5, 0.6) is 5.88 Å². The number of ether oxygens (including phenoxy) is 2. The number of anilines is 1. The number of benzene rings is 1. The third kappa shape index (κ3) is 5.24. The second-order valence-electron chi connectivity index (χ2n) is 7.95. The number of hydrogen-bond donors (Lipinski definition) is 1. The molecule has 0 saturated carbocycles. The molecule has 0 aliphatic carbocycles. The molecule has 37 heavy (non-hydrogen) atoms. The highest BCUT2D eigenvalue weighted by Gasteiger charge is 2.35. The number of methoxy groups -OCH3 is 2. The van der Waals surface area contributed by atoms with Crippen molar-refractivity contribution >= 4 is 16.0 Å². The van der Waals surface area contributed by atoms with Gasteiger partial charge in [-0.3, -0.25) is 9.29 Å². The summed E-state index contributed by atoms with van der Waals surface area (Å²) in [4.78, 5) is 12.6. The summed E-state index contributed by atoms with van der Waals surface area (Å²) in [6.45, 7) is 3.17. The van der Waals surface area contributed by atoms with E-state index in [-0.39, 0.29) is 23.2 Å². The van der Waals surface area contributed by atoms with Gasteiger partial charge in [0.2, 0.25) is 21.9 Å². The molecule has 3 aromatic heterocycles. The third-order valence-electron chi connectivity index (χ3n) is 5.44. The lowest BCUT2D eigenvalue weighted by Crippen LogP contribution is -2.33. The number of pyridine rings is 1. The van der Waals surface area contributed by atoms with Gasteiger partial charge >= 0.3 is 0 Å². The summed E-state index contributed by atoms with van der Waals surface area (Å²) in [6, 6.07) is 7.90. The van der Waals surface area contributed by atoms with Gasteiger partial charge in [-0.15, -0.1) is 10.2 Å². The lowest BCUT2D eigenvalue weighted by molar-refractivity contribution is 0.0949. The van der Waals surface area contributed by atoms with E-state index in [0.29, 0.717) is 0 Å². The SMILES string of the molecule is COc1cccc(-c2nnc(NS(=O)(=O)C(C)C(OC)c3ncc(C)cn3)n2-c2c(F)cccc2F)n1. The number of sulfonamides is 1. The Balaban J connectivity index is 1.81. The molecule has 2 unspecified atom stereocenters. The zero-order chi connectivity index (χ0) is 26.7. The summed E-state index contributed by atoms with van der Waals surface area (Å²) >= 11 is 0. The topological polar surface area (TPSA) is 134 Å². The van der Waals surface area contributed by atoms with Crippen molar-refractivity contribution in [1.82, 2.24) is 29.7 Å². The van der Waals surface area contributed by atoms with Crippen molar-refractivity contribution in [3.05, 3.63) is 71.8 Å². The van der Waals surface area contributed by atoms with Crippen LogP contribution in [0.2, 0.25) is 0 Å². The van der Waals surface area contributed by atoms with Crippen LogP contribution in [0.15, 0.2) is 48.8 Å². The summed E-state index contributed by atoms with van der Waals surface area (Å²) in [5.74, 6) is -2.18. The Morgan fingerprint density at radius 2 is 1.65 bits per heavy atom. The van der Waals surface area contributed by atoms with E-state index in [1.54, 1.807) is 19.1 Å². The second-order valence-corrected chi connectivity index (χ2v) is 9.98. The number of nitrogens with one attached hydrogen (secondary N) is 1. The summed E-state index contributed by atoms with van der Waals surface area (Å²) in [6.07, 6.45) is 2.01. The minimum atomic E-state index is -4.29. The van der Waals surface area contributed by atoms with E-state index < -0.39 is 44.6 Å². The molecule has 0 spiro atoms. The predicted octanol–water partition coefficient (Wildman–Crippen LogP) is 3.23. The Labute approximate surface area is 211 Å². The van der Waals surface area contributed by atoms with Crippen molar-refractivity contribution in [2.24, 2.45) is 0 Å². The van der Waals surface area contributed by atoms with Gasteiger partial charge in [0.1, 0.15) is 34.4 Å². The lowest BCUT2D eigenvalue weighted by Gasteiger charge is -2.22. The van der Waals surface area contributed by atoms with Crippen molar-refractivity contribution in [2.75, 3.05) is 18.9 Å². The maximum absolute atomic E-state index is 14.9. The van der Waals surface area contributed by atoms with Gasteiger partial charge in [0.25, 0.3) is 0 Å². The van der Waals surface area contributed by atoms with Gasteiger partial charge in [0.15, 0.2) is 11.6 Å². The zero-order valence-corrected chi connectivity index (χ0v) is 21.1. The molecule has 0 aliphatic heterocycles. The number of nitrogens with zero attached hydrogens (tertiary/aromatic N) is 6. The van der Waals surface area contributed by atoms with E-state index in [0.717, 1.165) is 22.3 Å². The Morgan fingerprint density at radius 1 is 1.00 bits per heavy atom. The number of hydrogen-bond acceptors (Lipinski definition) is 9.